The lowest BCUT2D eigenvalue weighted by Crippen LogP contribution is -2.40. The molecule has 2 aliphatic heterocycles. The maximum absolute atomic E-state index is 13.0. The maximum atomic E-state index is 13.0. The number of methoxy groups -OCH3 is 1. The molecule has 0 spiro atoms. The maximum Gasteiger partial charge on any atom is 0.289 e. The van der Waals surface area contributed by atoms with Crippen molar-refractivity contribution in [3.8, 4) is 5.75 Å². The van der Waals surface area contributed by atoms with E-state index in [1.165, 1.54) is 5.01 Å². The van der Waals surface area contributed by atoms with E-state index in [0.717, 1.165) is 33.5 Å². The molecule has 2 aromatic rings. The van der Waals surface area contributed by atoms with Gasteiger partial charge in [-0.25, -0.2) is 5.01 Å². The van der Waals surface area contributed by atoms with Crippen LogP contribution >= 0.6 is 23.4 Å². The Kier molecular flexibility index (Phi) is 5.78. The van der Waals surface area contributed by atoms with E-state index in [2.05, 4.69) is 5.10 Å². The van der Waals surface area contributed by atoms with Crippen molar-refractivity contribution in [2.45, 2.75) is 12.5 Å². The number of nitrogens with zero attached hydrogens (tertiary/aromatic N) is 3. The number of amides is 3. The van der Waals surface area contributed by atoms with Crippen molar-refractivity contribution in [1.29, 1.82) is 0 Å². The summed E-state index contributed by atoms with van der Waals surface area (Å²) >= 11 is 6.89. The second-order valence-corrected chi connectivity index (χ2v) is 8.18. The lowest BCUT2D eigenvalue weighted by atomic mass is 9.98. The van der Waals surface area contributed by atoms with E-state index in [9.17, 15) is 14.4 Å². The summed E-state index contributed by atoms with van der Waals surface area (Å²) in [5.41, 5.74) is 2.47. The van der Waals surface area contributed by atoms with E-state index in [-0.39, 0.29) is 24.2 Å². The van der Waals surface area contributed by atoms with Crippen molar-refractivity contribution in [2.75, 3.05) is 19.4 Å². The summed E-state index contributed by atoms with van der Waals surface area (Å²) in [6.07, 6.45) is 0.496. The highest BCUT2D eigenvalue weighted by atomic mass is 35.5. The first-order chi connectivity index (χ1) is 14.5. The first-order valence-electron chi connectivity index (χ1n) is 9.23. The van der Waals surface area contributed by atoms with Crippen LogP contribution in [0.3, 0.4) is 0 Å². The molecule has 3 amide bonds. The summed E-state index contributed by atoms with van der Waals surface area (Å²) in [6, 6.07) is 14.3. The third-order valence-electron chi connectivity index (χ3n) is 4.98. The molecule has 7 nitrogen and oxygen atoms in total. The lowest BCUT2D eigenvalue weighted by Gasteiger charge is -2.24. The molecule has 2 aliphatic rings. The summed E-state index contributed by atoms with van der Waals surface area (Å²) in [5, 5.41) is 6.13. The Bertz CT molecular complexity index is 1010. The van der Waals surface area contributed by atoms with Gasteiger partial charge in [0.15, 0.2) is 0 Å². The highest BCUT2D eigenvalue weighted by Gasteiger charge is 2.37. The standard InChI is InChI=1S/C21H18ClN3O4S/c1-29-16-8-4-14(5-9-16)18-10-17(13-2-6-15(22)7-3-13)23-25(18)19(26)11-24-20(27)12-30-21(24)28/h2-9,18H,10-12H2,1H3. The summed E-state index contributed by atoms with van der Waals surface area (Å²) in [6.45, 7) is -0.325. The molecule has 30 heavy (non-hydrogen) atoms. The third-order valence-corrected chi connectivity index (χ3v) is 6.09. The molecule has 0 bridgehead atoms. The molecule has 4 rings (SSSR count). The van der Waals surface area contributed by atoms with E-state index < -0.39 is 11.1 Å². The minimum absolute atomic E-state index is 0.0628. The Morgan fingerprint density at radius 1 is 1.17 bits per heavy atom. The quantitative estimate of drug-likeness (QED) is 0.703. The van der Waals surface area contributed by atoms with Crippen LogP contribution in [0.25, 0.3) is 0 Å². The number of carbonyl (C=O) groups is 3. The summed E-state index contributed by atoms with van der Waals surface area (Å²) in [7, 11) is 1.59. The van der Waals surface area contributed by atoms with Gasteiger partial charge in [-0.1, -0.05) is 47.6 Å². The number of hydrogen-bond acceptors (Lipinski definition) is 6. The second kappa shape index (κ2) is 8.49. The fourth-order valence-corrected chi connectivity index (χ4v) is 4.24. The molecule has 2 heterocycles. The predicted octanol–water partition coefficient (Wildman–Crippen LogP) is 3.72. The van der Waals surface area contributed by atoms with Crippen molar-refractivity contribution in [1.82, 2.24) is 9.91 Å². The van der Waals surface area contributed by atoms with Crippen LogP contribution in [0.15, 0.2) is 53.6 Å². The van der Waals surface area contributed by atoms with Crippen molar-refractivity contribution in [3.05, 3.63) is 64.7 Å². The van der Waals surface area contributed by atoms with Gasteiger partial charge in [0.1, 0.15) is 12.3 Å². The van der Waals surface area contributed by atoms with Crippen LogP contribution in [0.4, 0.5) is 4.79 Å². The number of ether oxygens (including phenoxy) is 1. The van der Waals surface area contributed by atoms with E-state index in [1.807, 2.05) is 36.4 Å². The topological polar surface area (TPSA) is 79.3 Å². The SMILES string of the molecule is COc1ccc(C2CC(c3ccc(Cl)cc3)=NN2C(=O)CN2C(=O)CSC2=O)cc1. The molecule has 2 aromatic carbocycles. The van der Waals surface area contributed by atoms with Crippen LogP contribution in [-0.4, -0.2) is 52.1 Å². The molecule has 0 radical (unpaired) electrons. The van der Waals surface area contributed by atoms with E-state index in [4.69, 9.17) is 16.3 Å². The van der Waals surface area contributed by atoms with Gasteiger partial charge in [-0.3, -0.25) is 19.3 Å². The monoisotopic (exact) mass is 443 g/mol. The van der Waals surface area contributed by atoms with Crippen LogP contribution in [0.2, 0.25) is 5.02 Å². The van der Waals surface area contributed by atoms with Crippen LogP contribution in [0.1, 0.15) is 23.6 Å². The Labute approximate surface area is 182 Å². The van der Waals surface area contributed by atoms with E-state index >= 15 is 0 Å². The Hall–Kier alpha value is -2.84. The fourth-order valence-electron chi connectivity index (χ4n) is 3.38. The minimum Gasteiger partial charge on any atom is -0.497 e. The van der Waals surface area contributed by atoms with Gasteiger partial charge in [0.25, 0.3) is 11.1 Å². The predicted molar refractivity (Wildman–Crippen MR) is 115 cm³/mol. The smallest absolute Gasteiger partial charge is 0.289 e. The number of thioether (sulfide) groups is 1. The van der Waals surface area contributed by atoms with Gasteiger partial charge >= 0.3 is 0 Å². The van der Waals surface area contributed by atoms with Gasteiger partial charge < -0.3 is 4.74 Å². The third kappa shape index (κ3) is 4.06. The highest BCUT2D eigenvalue weighted by Crippen LogP contribution is 2.34. The zero-order chi connectivity index (χ0) is 21.3. The largest absolute Gasteiger partial charge is 0.497 e. The molecule has 1 atom stereocenters. The van der Waals surface area contributed by atoms with E-state index in [1.54, 1.807) is 19.2 Å². The van der Waals surface area contributed by atoms with Crippen LogP contribution in [0.5, 0.6) is 5.75 Å². The number of hydrogen-bond donors (Lipinski definition) is 0. The summed E-state index contributed by atoms with van der Waals surface area (Å²) < 4.78 is 5.21. The zero-order valence-corrected chi connectivity index (χ0v) is 17.7. The van der Waals surface area contributed by atoms with E-state index in [0.29, 0.717) is 17.2 Å². The molecular formula is C21H18ClN3O4S. The van der Waals surface area contributed by atoms with Crippen LogP contribution in [-0.2, 0) is 9.59 Å². The first-order valence-corrected chi connectivity index (χ1v) is 10.6. The van der Waals surface area contributed by atoms with Crippen molar-refractivity contribution >= 4 is 46.1 Å². The summed E-state index contributed by atoms with van der Waals surface area (Å²) in [4.78, 5) is 37.9. The van der Waals surface area contributed by atoms with Crippen LogP contribution in [0, 0.1) is 0 Å². The number of imide groups is 1. The Morgan fingerprint density at radius 3 is 2.47 bits per heavy atom. The number of carbonyl (C=O) groups excluding carboxylic acids is 3. The molecular weight excluding hydrogens is 426 g/mol. The normalized spacial score (nSPS) is 18.7. The molecule has 9 heteroatoms. The lowest BCUT2D eigenvalue weighted by molar-refractivity contribution is -0.137. The van der Waals surface area contributed by atoms with Gasteiger partial charge in [0.05, 0.1) is 24.6 Å². The molecule has 1 unspecified atom stereocenters. The second-order valence-electron chi connectivity index (χ2n) is 6.82. The van der Waals surface area contributed by atoms with Gasteiger partial charge in [-0.2, -0.15) is 5.10 Å². The van der Waals surface area contributed by atoms with Crippen molar-refractivity contribution in [2.24, 2.45) is 5.10 Å². The van der Waals surface area contributed by atoms with Gasteiger partial charge in [0, 0.05) is 11.4 Å². The van der Waals surface area contributed by atoms with Crippen molar-refractivity contribution < 1.29 is 19.1 Å². The van der Waals surface area contributed by atoms with Crippen LogP contribution < -0.4 is 4.74 Å². The number of rotatable bonds is 5. The number of hydrazone groups is 1. The molecule has 0 aliphatic carbocycles. The van der Waals surface area contributed by atoms with Gasteiger partial charge in [-0.15, -0.1) is 0 Å². The summed E-state index contributed by atoms with van der Waals surface area (Å²) in [5.74, 6) is -0.00369. The minimum atomic E-state index is -0.413. The average Bonchev–Trinajstić information content (AvgIpc) is 3.34. The first kappa shape index (κ1) is 20.4. The molecule has 1 saturated heterocycles. The molecule has 0 N–H and O–H groups in total. The molecule has 0 saturated carbocycles. The Morgan fingerprint density at radius 2 is 1.87 bits per heavy atom. The van der Waals surface area contributed by atoms with Gasteiger partial charge in [0.2, 0.25) is 5.91 Å². The number of benzene rings is 2. The van der Waals surface area contributed by atoms with Crippen molar-refractivity contribution in [3.63, 3.8) is 0 Å². The number of halogens is 1. The zero-order valence-electron chi connectivity index (χ0n) is 16.1. The fraction of sp³-hybridized carbons (Fsp3) is 0.238. The highest BCUT2D eigenvalue weighted by molar-refractivity contribution is 8.14. The average molecular weight is 444 g/mol. The molecule has 1 fully saturated rings. The molecule has 0 aromatic heterocycles. The molecule has 154 valence electrons. The van der Waals surface area contributed by atoms with Gasteiger partial charge in [-0.05, 0) is 35.4 Å². The Balaban J connectivity index is 1.63.